The van der Waals surface area contributed by atoms with Gasteiger partial charge in [-0.1, -0.05) is 26.8 Å². The molecule has 2 aliphatic rings. The van der Waals surface area contributed by atoms with Crippen molar-refractivity contribution in [2.75, 3.05) is 11.9 Å². The highest BCUT2D eigenvalue weighted by atomic mass is 32.1. The fraction of sp³-hybridized carbons (Fsp3) is 0.440. The van der Waals surface area contributed by atoms with Crippen LogP contribution in [0.15, 0.2) is 34.6 Å². The van der Waals surface area contributed by atoms with Gasteiger partial charge in [0, 0.05) is 34.8 Å². The van der Waals surface area contributed by atoms with Crippen molar-refractivity contribution < 1.29 is 13.2 Å². The van der Waals surface area contributed by atoms with E-state index in [0.717, 1.165) is 36.2 Å². The average molecular weight is 530 g/mol. The molecule has 4 heterocycles. The SMILES string of the molecule is CC(C)(C)c1csc(-n2c3nc(Nc4ccc5c(c4)CCNC54CC4)ncc3c(=O)n2CC(F)(F)F)n1. The highest BCUT2D eigenvalue weighted by molar-refractivity contribution is 7.12. The van der Waals surface area contributed by atoms with E-state index in [9.17, 15) is 18.0 Å². The van der Waals surface area contributed by atoms with Gasteiger partial charge in [0.15, 0.2) is 5.65 Å². The van der Waals surface area contributed by atoms with Gasteiger partial charge in [-0.15, -0.1) is 11.3 Å². The van der Waals surface area contributed by atoms with Gasteiger partial charge in [-0.2, -0.15) is 18.2 Å². The van der Waals surface area contributed by atoms with E-state index in [1.807, 2.05) is 26.8 Å². The van der Waals surface area contributed by atoms with Crippen LogP contribution in [-0.4, -0.2) is 37.0 Å². The zero-order chi connectivity index (χ0) is 26.2. The van der Waals surface area contributed by atoms with E-state index in [4.69, 9.17) is 0 Å². The molecule has 0 unspecified atom stereocenters. The standard InChI is InChI=1S/C25H26F3N7OS/c1-23(2,3)18-12-37-22(32-18)35-19-16(20(36)34(35)13-25(26,27)28)11-29-21(33-19)31-15-4-5-17-14(10-15)6-9-30-24(17)7-8-24/h4-5,10-12,30H,6-9,13H2,1-3H3,(H,29,31,33). The Labute approximate surface area is 214 Å². The second-order valence-corrected chi connectivity index (χ2v) is 11.6. The van der Waals surface area contributed by atoms with Crippen LogP contribution in [-0.2, 0) is 23.9 Å². The minimum absolute atomic E-state index is 0.00509. The molecule has 3 aromatic heterocycles. The summed E-state index contributed by atoms with van der Waals surface area (Å²) in [7, 11) is 0. The lowest BCUT2D eigenvalue weighted by atomic mass is 9.92. The number of hydrogen-bond donors (Lipinski definition) is 2. The third-order valence-corrected chi connectivity index (χ3v) is 7.75. The number of fused-ring (bicyclic) bond motifs is 3. The largest absolute Gasteiger partial charge is 0.408 e. The zero-order valence-electron chi connectivity index (χ0n) is 20.6. The Morgan fingerprint density at radius 2 is 1.97 bits per heavy atom. The summed E-state index contributed by atoms with van der Waals surface area (Å²) in [4.78, 5) is 26.3. The van der Waals surface area contributed by atoms with Gasteiger partial charge in [-0.05, 0) is 42.5 Å². The van der Waals surface area contributed by atoms with Gasteiger partial charge in [-0.3, -0.25) is 4.79 Å². The van der Waals surface area contributed by atoms with Crippen LogP contribution in [0.1, 0.15) is 50.4 Å². The molecule has 1 aliphatic heterocycles. The number of aromatic nitrogens is 5. The highest BCUT2D eigenvalue weighted by Gasteiger charge is 2.46. The molecule has 6 rings (SSSR count). The van der Waals surface area contributed by atoms with Gasteiger partial charge in [-0.25, -0.2) is 19.3 Å². The fourth-order valence-corrected chi connectivity index (χ4v) is 5.94. The molecule has 1 fully saturated rings. The molecule has 194 valence electrons. The molecule has 0 radical (unpaired) electrons. The van der Waals surface area contributed by atoms with Crippen molar-refractivity contribution in [2.45, 2.75) is 63.7 Å². The molecule has 12 heteroatoms. The number of nitrogens with zero attached hydrogens (tertiary/aromatic N) is 5. The molecule has 0 bridgehead atoms. The van der Waals surface area contributed by atoms with Crippen LogP contribution >= 0.6 is 11.3 Å². The Balaban J connectivity index is 1.43. The minimum atomic E-state index is -4.61. The Bertz CT molecular complexity index is 1570. The monoisotopic (exact) mass is 529 g/mol. The first-order chi connectivity index (χ1) is 17.4. The quantitative estimate of drug-likeness (QED) is 0.396. The van der Waals surface area contributed by atoms with Crippen LogP contribution < -0.4 is 16.2 Å². The number of halogens is 3. The van der Waals surface area contributed by atoms with Crippen LogP contribution in [0.3, 0.4) is 0 Å². The van der Waals surface area contributed by atoms with Crippen LogP contribution in [0.4, 0.5) is 24.8 Å². The Hall–Kier alpha value is -3.25. The predicted octanol–water partition coefficient (Wildman–Crippen LogP) is 4.78. The first-order valence-electron chi connectivity index (χ1n) is 12.1. The summed E-state index contributed by atoms with van der Waals surface area (Å²) < 4.78 is 42.2. The van der Waals surface area contributed by atoms with Crippen molar-refractivity contribution in [1.29, 1.82) is 0 Å². The summed E-state index contributed by atoms with van der Waals surface area (Å²) in [5.74, 6) is 0.188. The normalized spacial score (nSPS) is 16.8. The molecule has 0 atom stereocenters. The van der Waals surface area contributed by atoms with E-state index in [2.05, 4.69) is 37.7 Å². The van der Waals surface area contributed by atoms with Gasteiger partial charge >= 0.3 is 6.18 Å². The molecule has 1 spiro atoms. The molecule has 37 heavy (non-hydrogen) atoms. The van der Waals surface area contributed by atoms with E-state index < -0.39 is 18.3 Å². The summed E-state index contributed by atoms with van der Waals surface area (Å²) in [5.41, 5.74) is 3.12. The van der Waals surface area contributed by atoms with Crippen LogP contribution in [0.25, 0.3) is 16.2 Å². The van der Waals surface area contributed by atoms with Crippen molar-refractivity contribution >= 4 is 34.0 Å². The van der Waals surface area contributed by atoms with Crippen LogP contribution in [0.2, 0.25) is 0 Å². The van der Waals surface area contributed by atoms with Crippen molar-refractivity contribution in [2.24, 2.45) is 0 Å². The Kier molecular flexibility index (Phi) is 5.29. The minimum Gasteiger partial charge on any atom is -0.324 e. The van der Waals surface area contributed by atoms with Crippen molar-refractivity contribution in [3.05, 3.63) is 57.0 Å². The van der Waals surface area contributed by atoms with E-state index in [1.165, 1.54) is 28.7 Å². The maximum atomic E-state index is 13.5. The van der Waals surface area contributed by atoms with Crippen molar-refractivity contribution in [1.82, 2.24) is 29.6 Å². The summed E-state index contributed by atoms with van der Waals surface area (Å²) in [6.45, 7) is 5.35. The molecule has 1 aromatic carbocycles. The molecular formula is C25H26F3N7OS. The maximum absolute atomic E-state index is 13.5. The topological polar surface area (TPSA) is 89.7 Å². The Morgan fingerprint density at radius 1 is 1.19 bits per heavy atom. The van der Waals surface area contributed by atoms with E-state index in [1.54, 1.807) is 5.38 Å². The second-order valence-electron chi connectivity index (χ2n) is 10.7. The molecule has 0 amide bonds. The molecule has 4 aromatic rings. The van der Waals surface area contributed by atoms with Gasteiger partial charge in [0.05, 0.1) is 5.69 Å². The lowest BCUT2D eigenvalue weighted by Crippen LogP contribution is -2.36. The number of nitrogens with one attached hydrogen (secondary N) is 2. The molecule has 2 N–H and O–H groups in total. The first kappa shape index (κ1) is 24.1. The first-order valence-corrected chi connectivity index (χ1v) is 13.0. The molecule has 1 aliphatic carbocycles. The van der Waals surface area contributed by atoms with Crippen molar-refractivity contribution in [3.8, 4) is 5.13 Å². The molecule has 1 saturated carbocycles. The summed E-state index contributed by atoms with van der Waals surface area (Å²) in [6, 6.07) is 6.13. The van der Waals surface area contributed by atoms with E-state index >= 15 is 0 Å². The third kappa shape index (κ3) is 4.31. The Morgan fingerprint density at radius 3 is 2.65 bits per heavy atom. The highest BCUT2D eigenvalue weighted by Crippen LogP contribution is 2.49. The molecule has 0 saturated heterocycles. The lowest BCUT2D eigenvalue weighted by molar-refractivity contribution is -0.144. The molecular weight excluding hydrogens is 503 g/mol. The van der Waals surface area contributed by atoms with E-state index in [-0.39, 0.29) is 33.1 Å². The smallest absolute Gasteiger partial charge is 0.324 e. The lowest BCUT2D eigenvalue weighted by Gasteiger charge is -2.27. The van der Waals surface area contributed by atoms with Gasteiger partial charge < -0.3 is 10.6 Å². The van der Waals surface area contributed by atoms with Crippen molar-refractivity contribution in [3.63, 3.8) is 0 Å². The molecule has 8 nitrogen and oxygen atoms in total. The zero-order valence-corrected chi connectivity index (χ0v) is 21.4. The fourth-order valence-electron chi connectivity index (χ4n) is 4.88. The number of anilines is 2. The van der Waals surface area contributed by atoms with Gasteiger partial charge in [0.2, 0.25) is 11.1 Å². The van der Waals surface area contributed by atoms with Crippen LogP contribution in [0, 0.1) is 0 Å². The average Bonchev–Trinajstić information content (AvgIpc) is 3.29. The summed E-state index contributed by atoms with van der Waals surface area (Å²) in [5, 5.41) is 8.80. The number of rotatable bonds is 4. The maximum Gasteiger partial charge on any atom is 0.408 e. The predicted molar refractivity (Wildman–Crippen MR) is 136 cm³/mol. The van der Waals surface area contributed by atoms with Gasteiger partial charge in [0.1, 0.15) is 11.9 Å². The number of benzene rings is 1. The van der Waals surface area contributed by atoms with E-state index in [0.29, 0.717) is 10.4 Å². The summed E-state index contributed by atoms with van der Waals surface area (Å²) in [6.07, 6.45) is -0.159. The van der Waals surface area contributed by atoms with Gasteiger partial charge in [0.25, 0.3) is 5.56 Å². The number of alkyl halides is 3. The second kappa shape index (κ2) is 8.12. The number of thiazole rings is 1. The third-order valence-electron chi connectivity index (χ3n) is 6.93. The summed E-state index contributed by atoms with van der Waals surface area (Å²) >= 11 is 1.17. The van der Waals surface area contributed by atoms with Crippen LogP contribution in [0.5, 0.6) is 0 Å². The number of hydrogen-bond acceptors (Lipinski definition) is 7.